The van der Waals surface area contributed by atoms with Gasteiger partial charge in [0.1, 0.15) is 0 Å². The quantitative estimate of drug-likeness (QED) is 0.752. The summed E-state index contributed by atoms with van der Waals surface area (Å²) in [5, 5.41) is 8.29. The number of rotatable bonds is 4. The van der Waals surface area contributed by atoms with E-state index in [-0.39, 0.29) is 4.90 Å². The van der Waals surface area contributed by atoms with Gasteiger partial charge in [0.2, 0.25) is 10.0 Å². The van der Waals surface area contributed by atoms with Crippen molar-refractivity contribution in [2.24, 2.45) is 5.14 Å². The van der Waals surface area contributed by atoms with Crippen molar-refractivity contribution in [3.63, 3.8) is 0 Å². The fourth-order valence-corrected chi connectivity index (χ4v) is 2.46. The maximum atomic E-state index is 11.4. The molecule has 0 amide bonds. The Morgan fingerprint density at radius 1 is 1.10 bits per heavy atom. The van der Waals surface area contributed by atoms with E-state index in [1.54, 1.807) is 0 Å². The van der Waals surface area contributed by atoms with E-state index >= 15 is 0 Å². The second kappa shape index (κ2) is 5.52. The van der Waals surface area contributed by atoms with Crippen LogP contribution in [0.3, 0.4) is 0 Å². The number of aryl methyl sites for hydroxylation is 1. The molecule has 0 atom stereocenters. The van der Waals surface area contributed by atoms with Gasteiger partial charge in [-0.05, 0) is 36.2 Å². The highest BCUT2D eigenvalue weighted by Gasteiger charge is 2.11. The normalized spacial score (nSPS) is 11.3. The Bertz CT molecular complexity index is 727. The lowest BCUT2D eigenvalue weighted by atomic mass is 10.1. The highest BCUT2D eigenvalue weighted by molar-refractivity contribution is 7.89. The lowest BCUT2D eigenvalue weighted by molar-refractivity contribution is 0.598. The number of hydrogen-bond acceptors (Lipinski definition) is 4. The first-order valence-electron chi connectivity index (χ1n) is 6.19. The summed E-state index contributed by atoms with van der Waals surface area (Å²) in [6.45, 7) is 2.05. The van der Waals surface area contributed by atoms with Crippen LogP contribution in [0.1, 0.15) is 12.5 Å². The number of benzene rings is 2. The molecule has 0 radical (unpaired) electrons. The van der Waals surface area contributed by atoms with Crippen LogP contribution < -0.4 is 16.2 Å². The molecule has 2 aromatic carbocycles. The number of para-hydroxylation sites is 1. The Labute approximate surface area is 118 Å². The lowest BCUT2D eigenvalue weighted by Crippen LogP contribution is -2.12. The van der Waals surface area contributed by atoms with Gasteiger partial charge >= 0.3 is 0 Å². The molecular weight excluding hydrogens is 274 g/mol. The van der Waals surface area contributed by atoms with Gasteiger partial charge in [-0.3, -0.25) is 0 Å². The molecule has 0 unspecified atom stereocenters. The SMILES string of the molecule is CCc1ccccc1Nc1cc(S(N)(=O)=O)ccc1N. The van der Waals surface area contributed by atoms with Crippen LogP contribution in [-0.2, 0) is 16.4 Å². The van der Waals surface area contributed by atoms with Gasteiger partial charge in [0.25, 0.3) is 0 Å². The van der Waals surface area contributed by atoms with E-state index in [0.717, 1.165) is 17.7 Å². The summed E-state index contributed by atoms with van der Waals surface area (Å²) in [5.74, 6) is 0. The number of anilines is 3. The monoisotopic (exact) mass is 291 g/mol. The number of nitrogens with two attached hydrogens (primary N) is 2. The van der Waals surface area contributed by atoms with Crippen molar-refractivity contribution in [3.05, 3.63) is 48.0 Å². The van der Waals surface area contributed by atoms with Crippen LogP contribution in [0.5, 0.6) is 0 Å². The Morgan fingerprint density at radius 3 is 2.45 bits per heavy atom. The predicted molar refractivity (Wildman–Crippen MR) is 81.3 cm³/mol. The van der Waals surface area contributed by atoms with Crippen LogP contribution in [0.4, 0.5) is 17.1 Å². The third kappa shape index (κ3) is 3.09. The van der Waals surface area contributed by atoms with Crippen molar-refractivity contribution in [3.8, 4) is 0 Å². The zero-order valence-electron chi connectivity index (χ0n) is 11.1. The second-order valence-electron chi connectivity index (χ2n) is 4.43. The van der Waals surface area contributed by atoms with Gasteiger partial charge < -0.3 is 11.1 Å². The fourth-order valence-electron chi connectivity index (χ4n) is 1.92. The van der Waals surface area contributed by atoms with E-state index in [2.05, 4.69) is 5.32 Å². The van der Waals surface area contributed by atoms with E-state index in [4.69, 9.17) is 10.9 Å². The standard InChI is InChI=1S/C14H17N3O2S/c1-2-10-5-3-4-6-13(10)17-14-9-11(20(16,18)19)7-8-12(14)15/h3-9,17H,2,15H2,1H3,(H2,16,18,19). The lowest BCUT2D eigenvalue weighted by Gasteiger charge is -2.13. The summed E-state index contributed by atoms with van der Waals surface area (Å²) in [5.41, 5.74) is 8.88. The number of sulfonamides is 1. The van der Waals surface area contributed by atoms with Crippen LogP contribution in [0.2, 0.25) is 0 Å². The first-order valence-corrected chi connectivity index (χ1v) is 7.73. The first kappa shape index (κ1) is 14.4. The fraction of sp³-hybridized carbons (Fsp3) is 0.143. The zero-order chi connectivity index (χ0) is 14.8. The van der Waals surface area contributed by atoms with Crippen molar-refractivity contribution >= 4 is 27.1 Å². The van der Waals surface area contributed by atoms with Gasteiger partial charge in [0.15, 0.2) is 0 Å². The summed E-state index contributed by atoms with van der Waals surface area (Å²) in [6, 6.07) is 12.1. The second-order valence-corrected chi connectivity index (χ2v) is 5.99. The van der Waals surface area contributed by atoms with Gasteiger partial charge in [-0.2, -0.15) is 0 Å². The zero-order valence-corrected chi connectivity index (χ0v) is 11.9. The van der Waals surface area contributed by atoms with Crippen molar-refractivity contribution in [2.75, 3.05) is 11.1 Å². The largest absolute Gasteiger partial charge is 0.397 e. The molecule has 2 aromatic rings. The van der Waals surface area contributed by atoms with Crippen LogP contribution in [-0.4, -0.2) is 8.42 Å². The molecule has 106 valence electrons. The summed E-state index contributed by atoms with van der Waals surface area (Å²) in [6.07, 6.45) is 0.859. The maximum absolute atomic E-state index is 11.4. The molecule has 0 spiro atoms. The summed E-state index contributed by atoms with van der Waals surface area (Å²) in [4.78, 5) is 0.0307. The van der Waals surface area contributed by atoms with Gasteiger partial charge in [-0.15, -0.1) is 0 Å². The van der Waals surface area contributed by atoms with Gasteiger partial charge in [0, 0.05) is 5.69 Å². The van der Waals surface area contributed by atoms with E-state index < -0.39 is 10.0 Å². The molecule has 0 fully saturated rings. The topological polar surface area (TPSA) is 98.2 Å². The predicted octanol–water partition coefficient (Wildman–Crippen LogP) is 2.22. The van der Waals surface area contributed by atoms with E-state index in [9.17, 15) is 8.42 Å². The molecule has 6 heteroatoms. The molecule has 2 rings (SSSR count). The highest BCUT2D eigenvalue weighted by atomic mass is 32.2. The molecule has 0 aliphatic carbocycles. The van der Waals surface area contributed by atoms with E-state index in [1.165, 1.54) is 18.2 Å². The van der Waals surface area contributed by atoms with Gasteiger partial charge in [-0.25, -0.2) is 13.6 Å². The summed E-state index contributed by atoms with van der Waals surface area (Å²) < 4.78 is 22.8. The minimum Gasteiger partial charge on any atom is -0.397 e. The number of primary sulfonamides is 1. The molecule has 0 bridgehead atoms. The Morgan fingerprint density at radius 2 is 1.80 bits per heavy atom. The molecule has 5 N–H and O–H groups in total. The van der Waals surface area contributed by atoms with Crippen LogP contribution in [0.25, 0.3) is 0 Å². The third-order valence-corrected chi connectivity index (χ3v) is 3.93. The maximum Gasteiger partial charge on any atom is 0.238 e. The van der Waals surface area contributed by atoms with E-state index in [0.29, 0.717) is 11.4 Å². The first-order chi connectivity index (χ1) is 9.41. The minimum atomic E-state index is -3.75. The van der Waals surface area contributed by atoms with Gasteiger partial charge in [-0.1, -0.05) is 25.1 Å². The Kier molecular flexibility index (Phi) is 3.96. The molecule has 5 nitrogen and oxygen atoms in total. The van der Waals surface area contributed by atoms with Crippen molar-refractivity contribution in [2.45, 2.75) is 18.2 Å². The average molecular weight is 291 g/mol. The smallest absolute Gasteiger partial charge is 0.238 e. The Balaban J connectivity index is 2.43. The molecule has 0 saturated carbocycles. The molecular formula is C14H17N3O2S. The van der Waals surface area contributed by atoms with E-state index in [1.807, 2.05) is 31.2 Å². The molecule has 0 aliphatic heterocycles. The molecule has 0 heterocycles. The minimum absolute atomic E-state index is 0.0307. The van der Waals surface area contributed by atoms with Crippen LogP contribution >= 0.6 is 0 Å². The van der Waals surface area contributed by atoms with Crippen LogP contribution in [0, 0.1) is 0 Å². The molecule has 0 saturated heterocycles. The van der Waals surface area contributed by atoms with Gasteiger partial charge in [0.05, 0.1) is 16.3 Å². The van der Waals surface area contributed by atoms with Crippen molar-refractivity contribution in [1.29, 1.82) is 0 Å². The highest BCUT2D eigenvalue weighted by Crippen LogP contribution is 2.27. The third-order valence-electron chi connectivity index (χ3n) is 3.02. The van der Waals surface area contributed by atoms with Crippen LogP contribution in [0.15, 0.2) is 47.4 Å². The molecule has 20 heavy (non-hydrogen) atoms. The summed E-state index contributed by atoms with van der Waals surface area (Å²) in [7, 11) is -3.75. The van der Waals surface area contributed by atoms with Crippen molar-refractivity contribution in [1.82, 2.24) is 0 Å². The number of nitrogen functional groups attached to an aromatic ring is 1. The summed E-state index contributed by atoms with van der Waals surface area (Å²) >= 11 is 0. The van der Waals surface area contributed by atoms with Crippen molar-refractivity contribution < 1.29 is 8.42 Å². The molecule has 0 aliphatic rings. The number of hydrogen-bond donors (Lipinski definition) is 3. The Hall–Kier alpha value is -2.05. The average Bonchev–Trinajstić information content (AvgIpc) is 2.40. The molecule has 0 aromatic heterocycles. The number of nitrogens with one attached hydrogen (secondary N) is 1.